The number of benzene rings is 1. The maximum Gasteiger partial charge on any atom is 0.307 e. The molecule has 0 saturated heterocycles. The van der Waals surface area contributed by atoms with Crippen LogP contribution in [0.5, 0.6) is 5.75 Å². The minimum absolute atomic E-state index is 0.0204. The molecule has 0 aromatic heterocycles. The molecule has 0 bridgehead atoms. The lowest BCUT2D eigenvalue weighted by Gasteiger charge is -2.02. The highest BCUT2D eigenvalue weighted by Gasteiger charge is 1.98. The van der Waals surface area contributed by atoms with Crippen LogP contribution in [0.1, 0.15) is 17.5 Å². The minimum atomic E-state index is -0.847. The summed E-state index contributed by atoms with van der Waals surface area (Å²) >= 11 is 0. The first-order valence-corrected chi connectivity index (χ1v) is 4.75. The van der Waals surface area contributed by atoms with Crippen LogP contribution in [0, 0.1) is 6.92 Å². The van der Waals surface area contributed by atoms with E-state index in [0.717, 1.165) is 11.1 Å². The summed E-state index contributed by atoms with van der Waals surface area (Å²) in [6.45, 7) is 1.95. The van der Waals surface area contributed by atoms with Gasteiger partial charge in [0, 0.05) is 0 Å². The monoisotopic (exact) mass is 206 g/mol. The van der Waals surface area contributed by atoms with E-state index in [9.17, 15) is 9.90 Å². The smallest absolute Gasteiger partial charge is 0.307 e. The quantitative estimate of drug-likeness (QED) is 0.743. The third-order valence-corrected chi connectivity index (χ3v) is 2.03. The molecule has 0 heterocycles. The zero-order valence-electron chi connectivity index (χ0n) is 8.60. The molecule has 2 N–H and O–H groups in total. The molecule has 0 amide bonds. The third-order valence-electron chi connectivity index (χ3n) is 2.03. The summed E-state index contributed by atoms with van der Waals surface area (Å²) in [5.74, 6) is -0.597. The van der Waals surface area contributed by atoms with Gasteiger partial charge in [0.2, 0.25) is 0 Å². The van der Waals surface area contributed by atoms with Crippen LogP contribution in [-0.2, 0) is 11.2 Å². The number of carboxylic acid groups (broad SMARTS) is 1. The number of aryl methyl sites for hydroxylation is 1. The fraction of sp³-hybridized carbons (Fsp3) is 0.250. The summed E-state index contributed by atoms with van der Waals surface area (Å²) in [7, 11) is 0. The van der Waals surface area contributed by atoms with Gasteiger partial charge in [0.05, 0.1) is 6.42 Å². The molecule has 0 aliphatic rings. The van der Waals surface area contributed by atoms with E-state index in [2.05, 4.69) is 0 Å². The first kappa shape index (κ1) is 11.3. The first-order chi connectivity index (χ1) is 7.09. The standard InChI is InChI=1S/C12H14O3/c1-9-6-7-11(13)10(8-9)4-2-3-5-12(14)15/h2-3,6-8,13H,4-5H2,1H3,(H,14,15)/b3-2+. The maximum absolute atomic E-state index is 10.2. The second-order valence-corrected chi connectivity index (χ2v) is 3.41. The van der Waals surface area contributed by atoms with Gasteiger partial charge in [0.15, 0.2) is 0 Å². The third kappa shape index (κ3) is 3.85. The molecule has 1 rings (SSSR count). The Morgan fingerprint density at radius 2 is 2.13 bits per heavy atom. The van der Waals surface area contributed by atoms with Crippen LogP contribution in [0.3, 0.4) is 0 Å². The highest BCUT2D eigenvalue weighted by molar-refractivity contribution is 5.68. The SMILES string of the molecule is Cc1ccc(O)c(C/C=C/CC(=O)O)c1. The number of aliphatic carboxylic acids is 1. The fourth-order valence-corrected chi connectivity index (χ4v) is 1.27. The minimum Gasteiger partial charge on any atom is -0.508 e. The van der Waals surface area contributed by atoms with E-state index in [1.54, 1.807) is 18.2 Å². The molecule has 1 aromatic rings. The predicted molar refractivity (Wildman–Crippen MR) is 57.9 cm³/mol. The van der Waals surface area contributed by atoms with Crippen molar-refractivity contribution in [2.75, 3.05) is 0 Å². The molecule has 80 valence electrons. The molecule has 0 aliphatic carbocycles. The Kier molecular flexibility index (Phi) is 3.92. The van der Waals surface area contributed by atoms with Gasteiger partial charge in [-0.1, -0.05) is 29.8 Å². The highest BCUT2D eigenvalue weighted by Crippen LogP contribution is 2.18. The lowest BCUT2D eigenvalue weighted by atomic mass is 10.1. The molecular weight excluding hydrogens is 192 g/mol. The zero-order valence-corrected chi connectivity index (χ0v) is 8.60. The van der Waals surface area contributed by atoms with Gasteiger partial charge >= 0.3 is 5.97 Å². The lowest BCUT2D eigenvalue weighted by Crippen LogP contribution is -1.90. The topological polar surface area (TPSA) is 57.5 Å². The molecule has 0 saturated carbocycles. The molecule has 1 aromatic carbocycles. The van der Waals surface area contributed by atoms with E-state index in [1.165, 1.54) is 0 Å². The number of phenolic OH excluding ortho intramolecular Hbond substituents is 1. The Morgan fingerprint density at radius 3 is 2.80 bits per heavy atom. The summed E-state index contributed by atoms with van der Waals surface area (Å²) in [4.78, 5) is 10.2. The Morgan fingerprint density at radius 1 is 1.40 bits per heavy atom. The van der Waals surface area contributed by atoms with Crippen LogP contribution in [0.15, 0.2) is 30.4 Å². The zero-order chi connectivity index (χ0) is 11.3. The van der Waals surface area contributed by atoms with E-state index in [0.29, 0.717) is 6.42 Å². The molecule has 3 nitrogen and oxygen atoms in total. The van der Waals surface area contributed by atoms with Gasteiger partial charge in [-0.25, -0.2) is 0 Å². The van der Waals surface area contributed by atoms with E-state index < -0.39 is 5.97 Å². The van der Waals surface area contributed by atoms with Crippen LogP contribution < -0.4 is 0 Å². The number of rotatable bonds is 4. The number of hydrogen-bond donors (Lipinski definition) is 2. The van der Waals surface area contributed by atoms with Crippen molar-refractivity contribution in [1.82, 2.24) is 0 Å². The summed E-state index contributed by atoms with van der Waals surface area (Å²) in [6, 6.07) is 5.37. The predicted octanol–water partition coefficient (Wildman–Crippen LogP) is 2.27. The van der Waals surface area contributed by atoms with Gasteiger partial charge in [-0.2, -0.15) is 0 Å². The lowest BCUT2D eigenvalue weighted by molar-refractivity contribution is -0.136. The van der Waals surface area contributed by atoms with Crippen LogP contribution in [0.2, 0.25) is 0 Å². The van der Waals surface area contributed by atoms with E-state index in [4.69, 9.17) is 5.11 Å². The average Bonchev–Trinajstić information content (AvgIpc) is 2.17. The molecule has 3 heteroatoms. The second kappa shape index (κ2) is 5.20. The van der Waals surface area contributed by atoms with Crippen LogP contribution >= 0.6 is 0 Å². The van der Waals surface area contributed by atoms with Gasteiger partial charge < -0.3 is 10.2 Å². The largest absolute Gasteiger partial charge is 0.508 e. The summed E-state index contributed by atoms with van der Waals surface area (Å²) in [5.41, 5.74) is 1.89. The normalized spacial score (nSPS) is 10.7. The Labute approximate surface area is 88.7 Å². The number of carbonyl (C=O) groups is 1. The number of hydrogen-bond acceptors (Lipinski definition) is 2. The van der Waals surface area contributed by atoms with Crippen molar-refractivity contribution >= 4 is 5.97 Å². The van der Waals surface area contributed by atoms with Crippen molar-refractivity contribution in [3.63, 3.8) is 0 Å². The van der Waals surface area contributed by atoms with Gasteiger partial charge in [-0.15, -0.1) is 0 Å². The molecule has 0 unspecified atom stereocenters. The van der Waals surface area contributed by atoms with E-state index >= 15 is 0 Å². The Bertz CT molecular complexity index is 380. The number of aromatic hydroxyl groups is 1. The summed E-state index contributed by atoms with van der Waals surface area (Å²) in [5, 5.41) is 17.9. The Balaban J connectivity index is 2.60. The van der Waals surface area contributed by atoms with Crippen molar-refractivity contribution in [3.8, 4) is 5.75 Å². The van der Waals surface area contributed by atoms with Crippen LogP contribution in [0.4, 0.5) is 0 Å². The van der Waals surface area contributed by atoms with Gasteiger partial charge in [-0.05, 0) is 25.0 Å². The highest BCUT2D eigenvalue weighted by atomic mass is 16.4. The Hall–Kier alpha value is -1.77. The van der Waals surface area contributed by atoms with E-state index in [-0.39, 0.29) is 12.2 Å². The van der Waals surface area contributed by atoms with Crippen LogP contribution in [-0.4, -0.2) is 16.2 Å². The van der Waals surface area contributed by atoms with Gasteiger partial charge in [0.1, 0.15) is 5.75 Å². The molecule has 0 atom stereocenters. The fourth-order valence-electron chi connectivity index (χ4n) is 1.27. The first-order valence-electron chi connectivity index (χ1n) is 4.75. The molecule has 15 heavy (non-hydrogen) atoms. The number of phenols is 1. The van der Waals surface area contributed by atoms with Gasteiger partial charge in [-0.3, -0.25) is 4.79 Å². The maximum atomic E-state index is 10.2. The molecule has 0 spiro atoms. The van der Waals surface area contributed by atoms with Gasteiger partial charge in [0.25, 0.3) is 0 Å². The number of allylic oxidation sites excluding steroid dienone is 1. The summed E-state index contributed by atoms with van der Waals surface area (Å²) in [6.07, 6.45) is 3.92. The number of carboxylic acids is 1. The van der Waals surface area contributed by atoms with Crippen molar-refractivity contribution in [2.45, 2.75) is 19.8 Å². The molecule has 0 radical (unpaired) electrons. The van der Waals surface area contributed by atoms with E-state index in [1.807, 2.05) is 19.1 Å². The summed E-state index contributed by atoms with van der Waals surface area (Å²) < 4.78 is 0. The van der Waals surface area contributed by atoms with Crippen molar-refractivity contribution < 1.29 is 15.0 Å². The average molecular weight is 206 g/mol. The molecular formula is C12H14O3. The molecule has 0 fully saturated rings. The van der Waals surface area contributed by atoms with Crippen molar-refractivity contribution in [2.24, 2.45) is 0 Å². The molecule has 0 aliphatic heterocycles. The second-order valence-electron chi connectivity index (χ2n) is 3.41. The van der Waals surface area contributed by atoms with Crippen LogP contribution in [0.25, 0.3) is 0 Å². The van der Waals surface area contributed by atoms with Crippen molar-refractivity contribution in [1.29, 1.82) is 0 Å². The van der Waals surface area contributed by atoms with Crippen molar-refractivity contribution in [3.05, 3.63) is 41.5 Å².